The molecule has 0 spiro atoms. The van der Waals surface area contributed by atoms with E-state index >= 15 is 0 Å². The molecule has 1 saturated heterocycles. The van der Waals surface area contributed by atoms with Crippen LogP contribution in [0.25, 0.3) is 0 Å². The Morgan fingerprint density at radius 2 is 1.57 bits per heavy atom. The van der Waals surface area contributed by atoms with Crippen LogP contribution in [0.2, 0.25) is 0 Å². The van der Waals surface area contributed by atoms with Crippen LogP contribution in [0.4, 0.5) is 0 Å². The highest BCUT2D eigenvalue weighted by Gasteiger charge is 2.45. The maximum absolute atomic E-state index is 11.7. The van der Waals surface area contributed by atoms with Crippen molar-refractivity contribution in [2.45, 2.75) is 54.1 Å². The van der Waals surface area contributed by atoms with E-state index in [1.54, 1.807) is 0 Å². The molecule has 0 aliphatic carbocycles. The third-order valence-electron chi connectivity index (χ3n) is 3.00. The van der Waals surface area contributed by atoms with Gasteiger partial charge < -0.3 is 4.74 Å². The van der Waals surface area contributed by atoms with E-state index in [9.17, 15) is 4.79 Å². The van der Waals surface area contributed by atoms with Crippen molar-refractivity contribution in [2.75, 3.05) is 0 Å². The molecule has 0 saturated carbocycles. The molecule has 0 N–H and O–H groups in total. The summed E-state index contributed by atoms with van der Waals surface area (Å²) in [4.78, 5) is 11.7. The van der Waals surface area contributed by atoms with Crippen molar-refractivity contribution in [3.8, 4) is 0 Å². The second-order valence-corrected chi connectivity index (χ2v) is 6.45. The van der Waals surface area contributed by atoms with Gasteiger partial charge in [-0.25, -0.2) is 0 Å². The van der Waals surface area contributed by atoms with Crippen molar-refractivity contribution in [2.24, 2.45) is 16.7 Å². The highest BCUT2D eigenvalue weighted by atomic mass is 16.6. The first-order valence-electron chi connectivity index (χ1n) is 5.33. The second kappa shape index (κ2) is 3.25. The molecular weight excluding hydrogens is 176 g/mol. The molecule has 0 aromatic heterocycles. The zero-order chi connectivity index (χ0) is 11.1. The summed E-state index contributed by atoms with van der Waals surface area (Å²) < 4.78 is 5.43. The van der Waals surface area contributed by atoms with Crippen LogP contribution in [0.3, 0.4) is 0 Å². The lowest BCUT2D eigenvalue weighted by molar-refractivity contribution is -0.149. The van der Waals surface area contributed by atoms with Crippen molar-refractivity contribution in [1.29, 1.82) is 0 Å². The second-order valence-electron chi connectivity index (χ2n) is 6.45. The highest BCUT2D eigenvalue weighted by molar-refractivity contribution is 5.75. The van der Waals surface area contributed by atoms with Crippen molar-refractivity contribution < 1.29 is 9.53 Å². The Bertz CT molecular complexity index is 230. The lowest BCUT2D eigenvalue weighted by atomic mass is 9.76. The lowest BCUT2D eigenvalue weighted by Gasteiger charge is -2.26. The highest BCUT2D eigenvalue weighted by Crippen LogP contribution is 2.41. The third-order valence-corrected chi connectivity index (χ3v) is 3.00. The Labute approximate surface area is 87.0 Å². The molecule has 2 atom stereocenters. The van der Waals surface area contributed by atoms with Gasteiger partial charge in [-0.1, -0.05) is 41.5 Å². The molecule has 14 heavy (non-hydrogen) atoms. The minimum Gasteiger partial charge on any atom is -0.462 e. The molecule has 1 fully saturated rings. The first-order chi connectivity index (χ1) is 6.12. The third kappa shape index (κ3) is 2.28. The Morgan fingerprint density at radius 3 is 1.79 bits per heavy atom. The number of hydrogen-bond acceptors (Lipinski definition) is 2. The summed E-state index contributed by atoms with van der Waals surface area (Å²) in [6.45, 7) is 12.7. The van der Waals surface area contributed by atoms with E-state index in [-0.39, 0.29) is 28.8 Å². The monoisotopic (exact) mass is 198 g/mol. The average Bonchev–Trinajstić information content (AvgIpc) is 2.27. The van der Waals surface area contributed by atoms with Crippen molar-refractivity contribution in [3.63, 3.8) is 0 Å². The Hall–Kier alpha value is -0.530. The molecule has 2 heteroatoms. The maximum Gasteiger partial charge on any atom is 0.309 e. The molecule has 1 heterocycles. The molecule has 82 valence electrons. The van der Waals surface area contributed by atoms with Crippen molar-refractivity contribution >= 4 is 5.97 Å². The summed E-state index contributed by atoms with van der Waals surface area (Å²) in [5, 5.41) is 0. The Balaban J connectivity index is 2.75. The largest absolute Gasteiger partial charge is 0.462 e. The zero-order valence-corrected chi connectivity index (χ0v) is 10.2. The molecule has 0 unspecified atom stereocenters. The van der Waals surface area contributed by atoms with Gasteiger partial charge in [0.15, 0.2) is 0 Å². The number of hydrogen-bond donors (Lipinski definition) is 0. The number of ether oxygens (including phenoxy) is 1. The summed E-state index contributed by atoms with van der Waals surface area (Å²) >= 11 is 0. The van der Waals surface area contributed by atoms with Gasteiger partial charge in [0.1, 0.15) is 6.10 Å². The summed E-state index contributed by atoms with van der Waals surface area (Å²) in [5.74, 6) is 0.0455. The fraction of sp³-hybridized carbons (Fsp3) is 0.917. The van der Waals surface area contributed by atoms with Gasteiger partial charge in [0.05, 0.1) is 5.92 Å². The molecule has 0 radical (unpaired) electrons. The molecule has 2 nitrogen and oxygen atoms in total. The van der Waals surface area contributed by atoms with Gasteiger partial charge in [-0.15, -0.1) is 0 Å². The van der Waals surface area contributed by atoms with Crippen LogP contribution >= 0.6 is 0 Å². The standard InChI is InChI=1S/C12H22O2/c1-11(2,3)8-7-9(12(4,5)6)14-10(8)13/h8-9H,7H2,1-6H3/t8-,9+/m0/s1. The maximum atomic E-state index is 11.7. The number of carbonyl (C=O) groups excluding carboxylic acids is 1. The number of esters is 1. The van der Waals surface area contributed by atoms with Crippen LogP contribution in [-0.2, 0) is 9.53 Å². The average molecular weight is 198 g/mol. The van der Waals surface area contributed by atoms with Gasteiger partial charge in [-0.05, 0) is 17.3 Å². The normalized spacial score (nSPS) is 29.1. The molecule has 0 aromatic rings. The van der Waals surface area contributed by atoms with Crippen LogP contribution in [0.1, 0.15) is 48.0 Å². The summed E-state index contributed by atoms with van der Waals surface area (Å²) in [6, 6.07) is 0. The number of rotatable bonds is 0. The molecule has 0 bridgehead atoms. The lowest BCUT2D eigenvalue weighted by Crippen LogP contribution is -2.26. The Kier molecular flexibility index (Phi) is 2.68. The van der Waals surface area contributed by atoms with E-state index in [0.29, 0.717) is 0 Å². The van der Waals surface area contributed by atoms with Gasteiger partial charge >= 0.3 is 5.97 Å². The minimum atomic E-state index is -0.0163. The summed E-state index contributed by atoms with van der Waals surface area (Å²) in [5.41, 5.74) is 0.0900. The topological polar surface area (TPSA) is 26.3 Å². The van der Waals surface area contributed by atoms with Crippen LogP contribution in [0.15, 0.2) is 0 Å². The molecular formula is C12H22O2. The molecule has 1 aliphatic rings. The smallest absolute Gasteiger partial charge is 0.309 e. The Morgan fingerprint density at radius 1 is 1.07 bits per heavy atom. The van der Waals surface area contributed by atoms with E-state index in [1.165, 1.54) is 0 Å². The van der Waals surface area contributed by atoms with Gasteiger partial charge in [0.2, 0.25) is 0 Å². The quantitative estimate of drug-likeness (QED) is 0.559. The predicted molar refractivity (Wildman–Crippen MR) is 56.9 cm³/mol. The fourth-order valence-electron chi connectivity index (χ4n) is 1.82. The summed E-state index contributed by atoms with van der Waals surface area (Å²) in [7, 11) is 0. The fourth-order valence-corrected chi connectivity index (χ4v) is 1.82. The molecule has 1 aliphatic heterocycles. The van der Waals surface area contributed by atoms with Gasteiger partial charge in [0, 0.05) is 0 Å². The SMILES string of the molecule is CC(C)(C)[C@H]1C[C@H](C(C)(C)C)C(=O)O1. The van der Waals surface area contributed by atoms with Crippen LogP contribution in [0.5, 0.6) is 0 Å². The van der Waals surface area contributed by atoms with E-state index in [2.05, 4.69) is 41.5 Å². The first kappa shape index (κ1) is 11.5. The van der Waals surface area contributed by atoms with E-state index < -0.39 is 0 Å². The van der Waals surface area contributed by atoms with Crippen LogP contribution in [0, 0.1) is 16.7 Å². The minimum absolute atomic E-state index is 0.0163. The number of cyclic esters (lactones) is 1. The summed E-state index contributed by atoms with van der Waals surface area (Å²) in [6.07, 6.45) is 0.950. The van der Waals surface area contributed by atoms with Crippen LogP contribution in [-0.4, -0.2) is 12.1 Å². The van der Waals surface area contributed by atoms with Gasteiger partial charge in [-0.2, -0.15) is 0 Å². The van der Waals surface area contributed by atoms with Gasteiger partial charge in [-0.3, -0.25) is 4.79 Å². The van der Waals surface area contributed by atoms with E-state index in [4.69, 9.17) is 4.74 Å². The van der Waals surface area contributed by atoms with Gasteiger partial charge in [0.25, 0.3) is 0 Å². The predicted octanol–water partition coefficient (Wildman–Crippen LogP) is 3.01. The molecule has 0 aromatic carbocycles. The first-order valence-corrected chi connectivity index (χ1v) is 5.33. The molecule has 0 amide bonds. The molecule has 1 rings (SSSR count). The van der Waals surface area contributed by atoms with E-state index in [0.717, 1.165) is 6.42 Å². The van der Waals surface area contributed by atoms with Crippen molar-refractivity contribution in [3.05, 3.63) is 0 Å². The van der Waals surface area contributed by atoms with E-state index in [1.807, 2.05) is 0 Å². The van der Waals surface area contributed by atoms with Crippen molar-refractivity contribution in [1.82, 2.24) is 0 Å². The zero-order valence-electron chi connectivity index (χ0n) is 10.2. The number of carbonyl (C=O) groups is 1. The van der Waals surface area contributed by atoms with Crippen LogP contribution < -0.4 is 0 Å².